The number of halogens is 3. The molecule has 1 aromatic heterocycles. The van der Waals surface area contributed by atoms with Crippen LogP contribution in [0.4, 0.5) is 8.78 Å². The molecule has 2 N–H and O–H groups in total. The van der Waals surface area contributed by atoms with E-state index in [0.717, 1.165) is 29.0 Å². The van der Waals surface area contributed by atoms with Crippen molar-refractivity contribution < 1.29 is 8.78 Å². The number of benzene rings is 2. The molecule has 0 radical (unpaired) electrons. The summed E-state index contributed by atoms with van der Waals surface area (Å²) in [5.74, 6) is 0.573. The SMILES string of the molecule is CCNC(=NCc1cc(F)ccc1F)NCCn1c(C)nc2ccccc21.I. The van der Waals surface area contributed by atoms with Crippen molar-refractivity contribution in [1.82, 2.24) is 20.2 Å². The second-order valence-corrected chi connectivity index (χ2v) is 6.16. The van der Waals surface area contributed by atoms with Crippen LogP contribution in [0, 0.1) is 18.6 Å². The highest BCUT2D eigenvalue weighted by molar-refractivity contribution is 14.0. The molecule has 28 heavy (non-hydrogen) atoms. The zero-order valence-corrected chi connectivity index (χ0v) is 18.2. The van der Waals surface area contributed by atoms with Crippen LogP contribution >= 0.6 is 24.0 Å². The van der Waals surface area contributed by atoms with Crippen LogP contribution in [-0.2, 0) is 13.1 Å². The second-order valence-electron chi connectivity index (χ2n) is 6.16. The number of rotatable bonds is 6. The van der Waals surface area contributed by atoms with Crippen molar-refractivity contribution in [2.75, 3.05) is 13.1 Å². The van der Waals surface area contributed by atoms with Gasteiger partial charge in [0.25, 0.3) is 0 Å². The van der Waals surface area contributed by atoms with Gasteiger partial charge in [-0.1, -0.05) is 12.1 Å². The van der Waals surface area contributed by atoms with Gasteiger partial charge in [-0.2, -0.15) is 0 Å². The molecule has 3 rings (SSSR count). The number of nitrogens with one attached hydrogen (secondary N) is 2. The summed E-state index contributed by atoms with van der Waals surface area (Å²) in [7, 11) is 0. The molecule has 8 heteroatoms. The normalized spacial score (nSPS) is 11.4. The van der Waals surface area contributed by atoms with Crippen LogP contribution in [0.25, 0.3) is 11.0 Å². The Kier molecular flexibility index (Phi) is 8.16. The number of aliphatic imine (C=N–C) groups is 1. The maximum absolute atomic E-state index is 13.7. The molecule has 0 spiro atoms. The van der Waals surface area contributed by atoms with E-state index in [1.807, 2.05) is 38.1 Å². The van der Waals surface area contributed by atoms with E-state index in [1.165, 1.54) is 6.07 Å². The second kappa shape index (κ2) is 10.4. The standard InChI is InChI=1S/C20H23F2N5.HI/c1-3-23-20(25-13-15-12-16(21)8-9-17(15)22)24-10-11-27-14(2)26-18-6-4-5-7-19(18)27;/h4-9,12H,3,10-11,13H2,1-2H3,(H2,23,24,25);1H. The maximum atomic E-state index is 13.7. The molecule has 0 atom stereocenters. The number of nitrogens with zero attached hydrogens (tertiary/aromatic N) is 3. The zero-order valence-electron chi connectivity index (χ0n) is 15.9. The van der Waals surface area contributed by atoms with Crippen molar-refractivity contribution in [3.8, 4) is 0 Å². The Morgan fingerprint density at radius 2 is 1.93 bits per heavy atom. The van der Waals surface area contributed by atoms with E-state index in [0.29, 0.717) is 25.6 Å². The average molecular weight is 499 g/mol. The average Bonchev–Trinajstić information content (AvgIpc) is 2.97. The Morgan fingerprint density at radius 3 is 2.71 bits per heavy atom. The van der Waals surface area contributed by atoms with Gasteiger partial charge in [0.05, 0.1) is 17.6 Å². The molecule has 0 amide bonds. The summed E-state index contributed by atoms with van der Waals surface area (Å²) in [6.07, 6.45) is 0. The molecule has 0 unspecified atom stereocenters. The lowest BCUT2D eigenvalue weighted by molar-refractivity contribution is 0.585. The topological polar surface area (TPSA) is 54.2 Å². The molecule has 2 aromatic carbocycles. The van der Waals surface area contributed by atoms with E-state index in [1.54, 1.807) is 0 Å². The van der Waals surface area contributed by atoms with Gasteiger partial charge in [-0.15, -0.1) is 24.0 Å². The fraction of sp³-hybridized carbons (Fsp3) is 0.300. The van der Waals surface area contributed by atoms with Gasteiger partial charge in [-0.3, -0.25) is 0 Å². The Balaban J connectivity index is 0.00000280. The van der Waals surface area contributed by atoms with Crippen molar-refractivity contribution in [3.05, 3.63) is 65.5 Å². The molecule has 0 bridgehead atoms. The van der Waals surface area contributed by atoms with Gasteiger partial charge in [0.15, 0.2) is 5.96 Å². The van der Waals surface area contributed by atoms with Gasteiger partial charge in [0, 0.05) is 25.2 Å². The summed E-state index contributed by atoms with van der Waals surface area (Å²) in [6.45, 7) is 6.00. The van der Waals surface area contributed by atoms with Gasteiger partial charge >= 0.3 is 0 Å². The highest BCUT2D eigenvalue weighted by Gasteiger charge is 2.07. The first kappa shape index (κ1) is 22.1. The van der Waals surface area contributed by atoms with E-state index in [4.69, 9.17) is 0 Å². The Morgan fingerprint density at radius 1 is 1.14 bits per heavy atom. The maximum Gasteiger partial charge on any atom is 0.191 e. The number of hydrogen-bond acceptors (Lipinski definition) is 2. The molecular formula is C20H24F2IN5. The number of guanidine groups is 1. The van der Waals surface area contributed by atoms with Gasteiger partial charge in [0.2, 0.25) is 0 Å². The number of hydrogen-bond donors (Lipinski definition) is 2. The predicted molar refractivity (Wildman–Crippen MR) is 119 cm³/mol. The van der Waals surface area contributed by atoms with Crippen molar-refractivity contribution in [1.29, 1.82) is 0 Å². The van der Waals surface area contributed by atoms with Gasteiger partial charge < -0.3 is 15.2 Å². The lowest BCUT2D eigenvalue weighted by Crippen LogP contribution is -2.39. The molecular weight excluding hydrogens is 475 g/mol. The molecule has 0 aliphatic carbocycles. The van der Waals surface area contributed by atoms with Crippen LogP contribution in [0.2, 0.25) is 0 Å². The number of aromatic nitrogens is 2. The van der Waals surface area contributed by atoms with E-state index in [2.05, 4.69) is 25.2 Å². The quantitative estimate of drug-likeness (QED) is 0.307. The van der Waals surface area contributed by atoms with E-state index >= 15 is 0 Å². The van der Waals surface area contributed by atoms with Crippen molar-refractivity contribution >= 4 is 41.0 Å². The van der Waals surface area contributed by atoms with Gasteiger partial charge in [-0.05, 0) is 44.2 Å². The fourth-order valence-corrected chi connectivity index (χ4v) is 2.93. The van der Waals surface area contributed by atoms with Crippen LogP contribution in [-0.4, -0.2) is 28.6 Å². The summed E-state index contributed by atoms with van der Waals surface area (Å²) < 4.78 is 29.2. The number of fused-ring (bicyclic) bond motifs is 1. The molecule has 3 aromatic rings. The van der Waals surface area contributed by atoms with E-state index in [9.17, 15) is 8.78 Å². The molecule has 0 saturated heterocycles. The number of para-hydroxylation sites is 2. The number of aryl methyl sites for hydroxylation is 1. The van der Waals surface area contributed by atoms with Crippen LogP contribution < -0.4 is 10.6 Å². The summed E-state index contributed by atoms with van der Waals surface area (Å²) in [5.41, 5.74) is 2.28. The summed E-state index contributed by atoms with van der Waals surface area (Å²) in [6, 6.07) is 11.4. The Bertz CT molecular complexity index is 955. The number of imidazole rings is 1. The van der Waals surface area contributed by atoms with E-state index < -0.39 is 11.6 Å². The monoisotopic (exact) mass is 499 g/mol. The first-order valence-corrected chi connectivity index (χ1v) is 8.96. The third-order valence-electron chi connectivity index (χ3n) is 4.23. The van der Waals surface area contributed by atoms with Crippen molar-refractivity contribution in [2.45, 2.75) is 26.9 Å². The molecule has 1 heterocycles. The Labute approximate surface area is 180 Å². The highest BCUT2D eigenvalue weighted by atomic mass is 127. The summed E-state index contributed by atoms with van der Waals surface area (Å²) >= 11 is 0. The summed E-state index contributed by atoms with van der Waals surface area (Å²) in [5, 5.41) is 6.35. The molecule has 0 aliphatic rings. The van der Waals surface area contributed by atoms with Crippen LogP contribution in [0.15, 0.2) is 47.5 Å². The van der Waals surface area contributed by atoms with Crippen molar-refractivity contribution in [3.63, 3.8) is 0 Å². The first-order valence-electron chi connectivity index (χ1n) is 8.96. The first-order chi connectivity index (χ1) is 13.1. The third-order valence-corrected chi connectivity index (χ3v) is 4.23. The molecule has 5 nitrogen and oxygen atoms in total. The Hall–Kier alpha value is -2.23. The van der Waals surface area contributed by atoms with Crippen LogP contribution in [0.5, 0.6) is 0 Å². The lowest BCUT2D eigenvalue weighted by atomic mass is 10.2. The van der Waals surface area contributed by atoms with Gasteiger partial charge in [0.1, 0.15) is 17.5 Å². The largest absolute Gasteiger partial charge is 0.357 e. The molecule has 150 valence electrons. The molecule has 0 aliphatic heterocycles. The minimum Gasteiger partial charge on any atom is -0.357 e. The van der Waals surface area contributed by atoms with Gasteiger partial charge in [-0.25, -0.2) is 18.8 Å². The van der Waals surface area contributed by atoms with Crippen molar-refractivity contribution in [2.24, 2.45) is 4.99 Å². The lowest BCUT2D eigenvalue weighted by Gasteiger charge is -2.13. The molecule has 0 saturated carbocycles. The predicted octanol–water partition coefficient (Wildman–Crippen LogP) is 4.00. The van der Waals surface area contributed by atoms with Crippen LogP contribution in [0.3, 0.4) is 0 Å². The third kappa shape index (κ3) is 5.40. The summed E-state index contributed by atoms with van der Waals surface area (Å²) in [4.78, 5) is 8.91. The fourth-order valence-electron chi connectivity index (χ4n) is 2.93. The van der Waals surface area contributed by atoms with E-state index in [-0.39, 0.29) is 36.1 Å². The minimum atomic E-state index is -0.470. The minimum absolute atomic E-state index is 0. The van der Waals surface area contributed by atoms with Crippen LogP contribution in [0.1, 0.15) is 18.3 Å². The molecule has 0 fully saturated rings. The zero-order chi connectivity index (χ0) is 19.2. The smallest absolute Gasteiger partial charge is 0.191 e. The highest BCUT2D eigenvalue weighted by Crippen LogP contribution is 2.15.